The standard InChI is InChI=1S/C15H29N3O3/c1-4-16-14(17-11-15(2)5-7-20-12-15)18-6-8-21-13(9-18)10-19-3/h13H,4-12H2,1-3H3,(H,16,17). The zero-order valence-corrected chi connectivity index (χ0v) is 13.6. The summed E-state index contributed by atoms with van der Waals surface area (Å²) in [7, 11) is 1.71. The Bertz CT molecular complexity index is 341. The Morgan fingerprint density at radius 2 is 2.33 bits per heavy atom. The lowest BCUT2D eigenvalue weighted by Gasteiger charge is -2.35. The quantitative estimate of drug-likeness (QED) is 0.599. The van der Waals surface area contributed by atoms with Gasteiger partial charge in [0.1, 0.15) is 0 Å². The Morgan fingerprint density at radius 3 is 3.00 bits per heavy atom. The summed E-state index contributed by atoms with van der Waals surface area (Å²) in [4.78, 5) is 7.11. The van der Waals surface area contributed by atoms with Crippen LogP contribution in [0.5, 0.6) is 0 Å². The van der Waals surface area contributed by atoms with E-state index in [1.807, 2.05) is 0 Å². The van der Waals surface area contributed by atoms with Crippen LogP contribution in [-0.4, -0.2) is 76.7 Å². The number of rotatable bonds is 5. The molecule has 2 heterocycles. The highest BCUT2D eigenvalue weighted by Gasteiger charge is 2.30. The third-order valence-electron chi connectivity index (χ3n) is 4.04. The number of ether oxygens (including phenoxy) is 3. The smallest absolute Gasteiger partial charge is 0.194 e. The van der Waals surface area contributed by atoms with Crippen molar-refractivity contribution in [1.82, 2.24) is 10.2 Å². The Hall–Kier alpha value is -0.850. The average molecular weight is 299 g/mol. The summed E-state index contributed by atoms with van der Waals surface area (Å²) in [5.74, 6) is 0.982. The van der Waals surface area contributed by atoms with E-state index in [1.54, 1.807) is 7.11 Å². The molecule has 0 aromatic carbocycles. The molecule has 2 fully saturated rings. The molecule has 2 rings (SSSR count). The first kappa shape index (κ1) is 16.5. The van der Waals surface area contributed by atoms with Crippen LogP contribution >= 0.6 is 0 Å². The second-order valence-electron chi connectivity index (χ2n) is 6.18. The third-order valence-corrected chi connectivity index (χ3v) is 4.04. The monoisotopic (exact) mass is 299 g/mol. The van der Waals surface area contributed by atoms with Crippen molar-refractivity contribution in [3.63, 3.8) is 0 Å². The molecule has 2 aliphatic heterocycles. The van der Waals surface area contributed by atoms with Crippen LogP contribution < -0.4 is 5.32 Å². The number of nitrogens with one attached hydrogen (secondary N) is 1. The second-order valence-corrected chi connectivity index (χ2v) is 6.18. The van der Waals surface area contributed by atoms with Gasteiger partial charge in [-0.25, -0.2) is 0 Å². The first-order valence-corrected chi connectivity index (χ1v) is 7.88. The molecule has 0 amide bonds. The molecule has 0 aliphatic carbocycles. The summed E-state index contributed by atoms with van der Waals surface area (Å²) in [6, 6.07) is 0. The zero-order chi connectivity index (χ0) is 15.1. The Morgan fingerprint density at radius 1 is 1.48 bits per heavy atom. The second kappa shape index (κ2) is 7.96. The maximum Gasteiger partial charge on any atom is 0.194 e. The zero-order valence-electron chi connectivity index (χ0n) is 13.6. The number of methoxy groups -OCH3 is 1. The molecular formula is C15H29N3O3. The summed E-state index contributed by atoms with van der Waals surface area (Å²) in [5, 5.41) is 3.39. The summed E-state index contributed by atoms with van der Waals surface area (Å²) in [5.41, 5.74) is 0.179. The van der Waals surface area contributed by atoms with Gasteiger partial charge >= 0.3 is 0 Å². The molecule has 1 N–H and O–H groups in total. The molecule has 0 aromatic rings. The van der Waals surface area contributed by atoms with Crippen LogP contribution in [0.2, 0.25) is 0 Å². The molecule has 0 spiro atoms. The number of nitrogens with zero attached hydrogens (tertiary/aromatic N) is 2. The Labute approximate surface area is 127 Å². The summed E-state index contributed by atoms with van der Waals surface area (Å²) in [6.07, 6.45) is 1.21. The molecule has 21 heavy (non-hydrogen) atoms. The average Bonchev–Trinajstić information content (AvgIpc) is 2.91. The minimum atomic E-state index is 0.123. The van der Waals surface area contributed by atoms with E-state index in [0.717, 1.165) is 58.4 Å². The minimum absolute atomic E-state index is 0.123. The van der Waals surface area contributed by atoms with Crippen molar-refractivity contribution in [1.29, 1.82) is 0 Å². The van der Waals surface area contributed by atoms with E-state index in [9.17, 15) is 0 Å². The maximum absolute atomic E-state index is 5.71. The normalized spacial score (nSPS) is 30.7. The van der Waals surface area contributed by atoms with Crippen LogP contribution in [0.15, 0.2) is 4.99 Å². The molecule has 2 saturated heterocycles. The van der Waals surface area contributed by atoms with Gasteiger partial charge in [0.25, 0.3) is 0 Å². The van der Waals surface area contributed by atoms with Gasteiger partial charge in [-0.3, -0.25) is 4.99 Å². The minimum Gasteiger partial charge on any atom is -0.382 e. The molecule has 6 nitrogen and oxygen atoms in total. The predicted molar refractivity (Wildman–Crippen MR) is 82.7 cm³/mol. The number of guanidine groups is 1. The van der Waals surface area contributed by atoms with Gasteiger partial charge in [0.05, 0.1) is 32.5 Å². The van der Waals surface area contributed by atoms with Crippen molar-refractivity contribution in [2.45, 2.75) is 26.4 Å². The molecular weight excluding hydrogens is 270 g/mol. The molecule has 0 bridgehead atoms. The SMILES string of the molecule is CCNC(=NCC1(C)CCOC1)N1CCOC(COC)C1. The number of hydrogen-bond acceptors (Lipinski definition) is 4. The van der Waals surface area contributed by atoms with Crippen molar-refractivity contribution in [2.24, 2.45) is 10.4 Å². The summed E-state index contributed by atoms with van der Waals surface area (Å²) in [6.45, 7) is 10.7. The van der Waals surface area contributed by atoms with Crippen molar-refractivity contribution >= 4 is 5.96 Å². The topological polar surface area (TPSA) is 55.3 Å². The fourth-order valence-electron chi connectivity index (χ4n) is 2.72. The Balaban J connectivity index is 1.96. The first-order chi connectivity index (χ1) is 10.2. The van der Waals surface area contributed by atoms with Crippen molar-refractivity contribution < 1.29 is 14.2 Å². The van der Waals surface area contributed by atoms with Gasteiger partial charge in [-0.2, -0.15) is 0 Å². The van der Waals surface area contributed by atoms with Crippen molar-refractivity contribution in [3.8, 4) is 0 Å². The molecule has 6 heteroatoms. The van der Waals surface area contributed by atoms with E-state index in [4.69, 9.17) is 19.2 Å². The largest absolute Gasteiger partial charge is 0.382 e. The van der Waals surface area contributed by atoms with Gasteiger partial charge in [0, 0.05) is 38.8 Å². The van der Waals surface area contributed by atoms with Gasteiger partial charge in [-0.15, -0.1) is 0 Å². The lowest BCUT2D eigenvalue weighted by molar-refractivity contribution is -0.0447. The lowest BCUT2D eigenvalue weighted by Crippen LogP contribution is -2.51. The number of aliphatic imine (C=N–C) groups is 1. The lowest BCUT2D eigenvalue weighted by atomic mass is 9.90. The predicted octanol–water partition coefficient (Wildman–Crippen LogP) is 0.726. The summed E-state index contributed by atoms with van der Waals surface area (Å²) < 4.78 is 16.4. The number of morpholine rings is 1. The molecule has 0 saturated carbocycles. The summed E-state index contributed by atoms with van der Waals surface area (Å²) >= 11 is 0. The van der Waals surface area contributed by atoms with Crippen LogP contribution in [0.1, 0.15) is 20.3 Å². The van der Waals surface area contributed by atoms with Crippen LogP contribution in [0.3, 0.4) is 0 Å². The third kappa shape index (κ3) is 4.83. The van der Waals surface area contributed by atoms with E-state index in [2.05, 4.69) is 24.1 Å². The van der Waals surface area contributed by atoms with E-state index in [1.165, 1.54) is 0 Å². The maximum atomic E-state index is 5.71. The van der Waals surface area contributed by atoms with Gasteiger partial charge < -0.3 is 24.4 Å². The van der Waals surface area contributed by atoms with Crippen molar-refractivity contribution in [2.75, 3.05) is 59.7 Å². The van der Waals surface area contributed by atoms with E-state index in [0.29, 0.717) is 6.61 Å². The van der Waals surface area contributed by atoms with E-state index >= 15 is 0 Å². The van der Waals surface area contributed by atoms with Crippen LogP contribution in [0.25, 0.3) is 0 Å². The van der Waals surface area contributed by atoms with Crippen LogP contribution in [0, 0.1) is 5.41 Å². The molecule has 2 aliphatic rings. The van der Waals surface area contributed by atoms with Crippen LogP contribution in [0.4, 0.5) is 0 Å². The molecule has 0 aromatic heterocycles. The molecule has 2 atom stereocenters. The Kier molecular flexibility index (Phi) is 6.26. The van der Waals surface area contributed by atoms with Crippen LogP contribution in [-0.2, 0) is 14.2 Å². The van der Waals surface area contributed by atoms with Gasteiger partial charge in [-0.1, -0.05) is 6.92 Å². The van der Waals surface area contributed by atoms with Gasteiger partial charge in [0.15, 0.2) is 5.96 Å². The molecule has 2 unspecified atom stereocenters. The molecule has 122 valence electrons. The number of hydrogen-bond donors (Lipinski definition) is 1. The fourth-order valence-corrected chi connectivity index (χ4v) is 2.72. The highest BCUT2D eigenvalue weighted by atomic mass is 16.5. The fraction of sp³-hybridized carbons (Fsp3) is 0.933. The van der Waals surface area contributed by atoms with E-state index in [-0.39, 0.29) is 11.5 Å². The van der Waals surface area contributed by atoms with E-state index < -0.39 is 0 Å². The van der Waals surface area contributed by atoms with Gasteiger partial charge in [-0.05, 0) is 13.3 Å². The highest BCUT2D eigenvalue weighted by molar-refractivity contribution is 5.80. The highest BCUT2D eigenvalue weighted by Crippen LogP contribution is 2.28. The molecule has 0 radical (unpaired) electrons. The van der Waals surface area contributed by atoms with Gasteiger partial charge in [0.2, 0.25) is 0 Å². The first-order valence-electron chi connectivity index (χ1n) is 7.88. The van der Waals surface area contributed by atoms with Crippen molar-refractivity contribution in [3.05, 3.63) is 0 Å².